The van der Waals surface area contributed by atoms with Crippen molar-refractivity contribution >= 4 is 18.6 Å². The van der Waals surface area contributed by atoms with Crippen LogP contribution in [-0.2, 0) is 9.53 Å². The molecule has 1 radical (unpaired) electrons. The molecule has 49 valence electrons. The van der Waals surface area contributed by atoms with Crippen LogP contribution in [0, 0.1) is 12.0 Å². The van der Waals surface area contributed by atoms with E-state index in [9.17, 15) is 4.79 Å². The molecule has 0 aliphatic heterocycles. The molecule has 0 aliphatic rings. The molecule has 0 heterocycles. The summed E-state index contributed by atoms with van der Waals surface area (Å²) in [4.78, 5) is 10.4. The number of carbonyl (C=O) groups excluding carboxylic acids is 1. The molecule has 0 saturated carbocycles. The Bertz CT molecular complexity index is 143. The van der Waals surface area contributed by atoms with Crippen LogP contribution in [-0.4, -0.2) is 11.7 Å². The van der Waals surface area contributed by atoms with E-state index in [1.54, 1.807) is 6.92 Å². The molecule has 0 aromatic rings. The summed E-state index contributed by atoms with van der Waals surface area (Å²) in [7, 11) is 0. The molecule has 0 amide bonds. The Labute approximate surface area is 60.0 Å². The van der Waals surface area contributed by atoms with Gasteiger partial charge in [0.2, 0.25) is 0 Å². The van der Waals surface area contributed by atoms with E-state index >= 15 is 0 Å². The summed E-state index contributed by atoms with van der Waals surface area (Å²) >= 11 is 4.53. The molecular weight excluding hydrogens is 136 g/mol. The molecule has 2 nitrogen and oxygen atoms in total. The average Bonchev–Trinajstić information content (AvgIpc) is 1.85. The molecule has 0 fully saturated rings. The normalized spacial score (nSPS) is 7.33. The Kier molecular flexibility index (Phi) is 5.14. The summed E-state index contributed by atoms with van der Waals surface area (Å²) in [5, 5.41) is 0. The first kappa shape index (κ1) is 8.38. The highest BCUT2D eigenvalue weighted by Crippen LogP contribution is 1.86. The van der Waals surface area contributed by atoms with Crippen molar-refractivity contribution in [2.75, 3.05) is 5.75 Å². The first-order valence-corrected chi connectivity index (χ1v) is 3.08. The minimum atomic E-state index is -0.348. The minimum Gasteiger partial charge on any atom is -0.372 e. The smallest absolute Gasteiger partial charge is 0.320 e. The summed E-state index contributed by atoms with van der Waals surface area (Å²) in [5.41, 5.74) is 0. The van der Waals surface area contributed by atoms with Crippen LogP contribution in [0.5, 0.6) is 0 Å². The second-order valence-corrected chi connectivity index (χ2v) is 1.69. The summed E-state index contributed by atoms with van der Waals surface area (Å²) < 4.78 is 4.36. The van der Waals surface area contributed by atoms with Crippen LogP contribution in [0.1, 0.15) is 13.3 Å². The van der Waals surface area contributed by atoms with Crippen molar-refractivity contribution in [3.8, 4) is 12.0 Å². The average molecular weight is 143 g/mol. The fourth-order valence-electron chi connectivity index (χ4n) is 0.242. The topological polar surface area (TPSA) is 26.3 Å². The van der Waals surface area contributed by atoms with Crippen LogP contribution in [0.4, 0.5) is 0 Å². The standard InChI is InChI=1S/C6H7O2S/c1-2-4-8-6(7)3-5-9/h3,5H2,1H3. The molecule has 0 atom stereocenters. The van der Waals surface area contributed by atoms with Crippen molar-refractivity contribution < 1.29 is 9.53 Å². The van der Waals surface area contributed by atoms with E-state index in [2.05, 4.69) is 29.4 Å². The van der Waals surface area contributed by atoms with E-state index in [0.717, 1.165) is 0 Å². The number of carbonyl (C=O) groups is 1. The van der Waals surface area contributed by atoms with Crippen LogP contribution in [0.15, 0.2) is 0 Å². The molecule has 0 saturated heterocycles. The van der Waals surface area contributed by atoms with Crippen LogP contribution < -0.4 is 0 Å². The predicted molar refractivity (Wildman–Crippen MR) is 36.6 cm³/mol. The highest BCUT2D eigenvalue weighted by atomic mass is 32.1. The van der Waals surface area contributed by atoms with Crippen molar-refractivity contribution in [2.24, 2.45) is 0 Å². The molecule has 0 rings (SSSR count). The molecule has 0 unspecified atom stereocenters. The van der Waals surface area contributed by atoms with Gasteiger partial charge in [-0.15, -0.1) is 0 Å². The summed E-state index contributed by atoms with van der Waals surface area (Å²) in [6.45, 7) is 1.60. The van der Waals surface area contributed by atoms with Gasteiger partial charge in [0, 0.05) is 12.7 Å². The van der Waals surface area contributed by atoms with Gasteiger partial charge >= 0.3 is 5.97 Å². The van der Waals surface area contributed by atoms with Crippen LogP contribution in [0.3, 0.4) is 0 Å². The molecular formula is C6H7O2S. The monoisotopic (exact) mass is 143 g/mol. The molecule has 9 heavy (non-hydrogen) atoms. The van der Waals surface area contributed by atoms with Gasteiger partial charge in [0.05, 0.1) is 6.42 Å². The zero-order valence-corrected chi connectivity index (χ0v) is 5.96. The number of rotatable bonds is 2. The lowest BCUT2D eigenvalue weighted by Gasteiger charge is -1.88. The van der Waals surface area contributed by atoms with Gasteiger partial charge in [0.1, 0.15) is 6.11 Å². The lowest BCUT2D eigenvalue weighted by Crippen LogP contribution is -1.99. The quantitative estimate of drug-likeness (QED) is 0.427. The molecule has 0 spiro atoms. The Hall–Kier alpha value is -0.620. The predicted octanol–water partition coefficient (Wildman–Crippen LogP) is 1.10. The van der Waals surface area contributed by atoms with Crippen LogP contribution in [0.2, 0.25) is 0 Å². The van der Waals surface area contributed by atoms with Gasteiger partial charge in [-0.1, -0.05) is 18.5 Å². The van der Waals surface area contributed by atoms with Gasteiger partial charge in [-0.05, 0) is 0 Å². The molecule has 0 N–H and O–H groups in total. The second-order valence-electron chi connectivity index (χ2n) is 1.28. The summed E-state index contributed by atoms with van der Waals surface area (Å²) in [5.74, 6) is 2.48. The van der Waals surface area contributed by atoms with Gasteiger partial charge in [0.25, 0.3) is 0 Å². The van der Waals surface area contributed by atoms with Crippen molar-refractivity contribution in [1.82, 2.24) is 0 Å². The van der Waals surface area contributed by atoms with Gasteiger partial charge in [-0.3, -0.25) is 4.79 Å². The molecule has 0 aliphatic carbocycles. The minimum absolute atomic E-state index is 0.268. The molecule has 3 heteroatoms. The van der Waals surface area contributed by atoms with Crippen molar-refractivity contribution in [3.63, 3.8) is 0 Å². The zero-order valence-electron chi connectivity index (χ0n) is 5.14. The first-order chi connectivity index (χ1) is 4.31. The third-order valence-corrected chi connectivity index (χ3v) is 0.777. The Morgan fingerprint density at radius 3 is 2.89 bits per heavy atom. The van der Waals surface area contributed by atoms with Gasteiger partial charge in [-0.25, -0.2) is 0 Å². The van der Waals surface area contributed by atoms with E-state index in [4.69, 9.17) is 0 Å². The first-order valence-electron chi connectivity index (χ1n) is 2.50. The van der Waals surface area contributed by atoms with E-state index in [0.29, 0.717) is 5.75 Å². The molecule has 0 bridgehead atoms. The maximum Gasteiger partial charge on any atom is 0.320 e. The Morgan fingerprint density at radius 1 is 1.78 bits per heavy atom. The number of hydrogen-bond acceptors (Lipinski definition) is 2. The largest absolute Gasteiger partial charge is 0.372 e. The maximum absolute atomic E-state index is 10.4. The summed E-state index contributed by atoms with van der Waals surface area (Å²) in [6, 6.07) is 0. The highest BCUT2D eigenvalue weighted by Gasteiger charge is 1.96. The van der Waals surface area contributed by atoms with Crippen LogP contribution in [0.25, 0.3) is 0 Å². The highest BCUT2D eigenvalue weighted by molar-refractivity contribution is 7.80. The van der Waals surface area contributed by atoms with Gasteiger partial charge < -0.3 is 4.74 Å². The van der Waals surface area contributed by atoms with E-state index in [1.807, 2.05) is 0 Å². The fraction of sp³-hybridized carbons (Fsp3) is 0.500. The Morgan fingerprint density at radius 2 is 2.44 bits per heavy atom. The SMILES string of the molecule is CC#COC(=O)CC[S]. The lowest BCUT2D eigenvalue weighted by molar-refractivity contribution is -0.136. The number of hydrogen-bond donors (Lipinski definition) is 0. The summed E-state index contributed by atoms with van der Waals surface area (Å²) in [6.07, 6.45) is 2.45. The van der Waals surface area contributed by atoms with Gasteiger partial charge in [-0.2, -0.15) is 0 Å². The van der Waals surface area contributed by atoms with Crippen LogP contribution >= 0.6 is 12.6 Å². The maximum atomic E-state index is 10.4. The van der Waals surface area contributed by atoms with E-state index in [1.165, 1.54) is 0 Å². The Balaban J connectivity index is 3.35. The number of ether oxygens (including phenoxy) is 1. The van der Waals surface area contributed by atoms with E-state index < -0.39 is 0 Å². The van der Waals surface area contributed by atoms with Gasteiger partial charge in [0.15, 0.2) is 0 Å². The number of esters is 1. The van der Waals surface area contributed by atoms with Crippen molar-refractivity contribution in [2.45, 2.75) is 13.3 Å². The fourth-order valence-corrected chi connectivity index (χ4v) is 0.409. The molecule has 0 aromatic heterocycles. The second kappa shape index (κ2) is 5.52. The van der Waals surface area contributed by atoms with E-state index in [-0.39, 0.29) is 12.4 Å². The van der Waals surface area contributed by atoms with Crippen molar-refractivity contribution in [3.05, 3.63) is 0 Å². The lowest BCUT2D eigenvalue weighted by atomic mass is 10.5. The molecule has 0 aromatic carbocycles. The third-order valence-electron chi connectivity index (χ3n) is 0.573. The zero-order chi connectivity index (χ0) is 7.11. The van der Waals surface area contributed by atoms with Crippen molar-refractivity contribution in [1.29, 1.82) is 0 Å². The third kappa shape index (κ3) is 5.25.